The van der Waals surface area contributed by atoms with Crippen molar-refractivity contribution in [2.75, 3.05) is 0 Å². The lowest BCUT2D eigenvalue weighted by Gasteiger charge is -2.52. The number of epoxide rings is 1. The fourth-order valence-corrected chi connectivity index (χ4v) is 5.06. The van der Waals surface area contributed by atoms with Gasteiger partial charge >= 0.3 is 5.97 Å². The molecule has 5 heteroatoms. The molecule has 25 heavy (non-hydrogen) atoms. The predicted octanol–water partition coefficient (Wildman–Crippen LogP) is 3.32. The smallest absolute Gasteiger partial charge is 0.309 e. The Hall–Kier alpha value is -1.33. The third-order valence-corrected chi connectivity index (χ3v) is 7.29. The molecular weight excluding hydrogens is 320 g/mol. The summed E-state index contributed by atoms with van der Waals surface area (Å²) >= 11 is 0. The number of rotatable bonds is 3. The van der Waals surface area contributed by atoms with Crippen molar-refractivity contribution in [3.05, 3.63) is 23.2 Å². The molecule has 0 bridgehead atoms. The van der Waals surface area contributed by atoms with Crippen molar-refractivity contribution < 1.29 is 23.8 Å². The number of aliphatic hydroxyl groups excluding tert-OH is 1. The molecule has 1 spiro atoms. The van der Waals surface area contributed by atoms with Gasteiger partial charge in [-0.05, 0) is 24.8 Å². The molecule has 3 aliphatic rings. The number of esters is 1. The molecule has 138 valence electrons. The van der Waals surface area contributed by atoms with Gasteiger partial charge in [0.25, 0.3) is 0 Å². The van der Waals surface area contributed by atoms with E-state index in [1.807, 2.05) is 20.8 Å². The quantitative estimate of drug-likeness (QED) is 0.670. The van der Waals surface area contributed by atoms with Crippen LogP contribution in [0.1, 0.15) is 63.5 Å². The van der Waals surface area contributed by atoms with Crippen LogP contribution in [0.3, 0.4) is 0 Å². The van der Waals surface area contributed by atoms with Crippen LogP contribution in [-0.2, 0) is 20.7 Å². The third-order valence-electron chi connectivity index (χ3n) is 7.29. The largest absolute Gasteiger partial charge is 0.469 e. The van der Waals surface area contributed by atoms with Crippen molar-refractivity contribution in [3.63, 3.8) is 0 Å². The van der Waals surface area contributed by atoms with Gasteiger partial charge in [-0.15, -0.1) is 0 Å². The topological polar surface area (TPSA) is 72.2 Å². The van der Waals surface area contributed by atoms with E-state index in [-0.39, 0.29) is 23.9 Å². The molecule has 7 atom stereocenters. The molecule has 0 amide bonds. The molecule has 1 N–H and O–H groups in total. The zero-order valence-corrected chi connectivity index (χ0v) is 15.7. The van der Waals surface area contributed by atoms with Crippen LogP contribution in [0.5, 0.6) is 0 Å². The molecule has 5 nitrogen and oxygen atoms in total. The lowest BCUT2D eigenvalue weighted by molar-refractivity contribution is -0.179. The van der Waals surface area contributed by atoms with Crippen molar-refractivity contribution in [3.8, 4) is 0 Å². The summed E-state index contributed by atoms with van der Waals surface area (Å²) < 4.78 is 18.1. The lowest BCUT2D eigenvalue weighted by atomic mass is 9.53. The number of hydrogen-bond donors (Lipinski definition) is 1. The number of furan rings is 1. The van der Waals surface area contributed by atoms with Gasteiger partial charge in [-0.25, -0.2) is 0 Å². The first-order valence-electron chi connectivity index (χ1n) is 9.39. The Morgan fingerprint density at radius 3 is 2.92 bits per heavy atom. The molecule has 1 aromatic heterocycles. The average Bonchev–Trinajstić information content (AvgIpc) is 3.16. The highest BCUT2D eigenvalue weighted by Gasteiger charge is 2.77. The molecule has 0 aromatic carbocycles. The Morgan fingerprint density at radius 2 is 2.24 bits per heavy atom. The summed E-state index contributed by atoms with van der Waals surface area (Å²) in [6.45, 7) is 10.0. The van der Waals surface area contributed by atoms with E-state index in [0.29, 0.717) is 12.8 Å². The highest BCUT2D eigenvalue weighted by atomic mass is 16.6. The Morgan fingerprint density at radius 1 is 1.52 bits per heavy atom. The highest BCUT2D eigenvalue weighted by Crippen LogP contribution is 2.69. The van der Waals surface area contributed by atoms with Gasteiger partial charge in [0.05, 0.1) is 24.4 Å². The number of carbonyl (C=O) groups excluding carboxylic acids is 1. The molecular formula is C20H28O5. The van der Waals surface area contributed by atoms with E-state index in [2.05, 4.69) is 13.8 Å². The van der Waals surface area contributed by atoms with E-state index < -0.39 is 23.2 Å². The Kier molecular flexibility index (Phi) is 3.65. The van der Waals surface area contributed by atoms with E-state index in [1.165, 1.54) is 0 Å². The first-order chi connectivity index (χ1) is 11.8. The maximum Gasteiger partial charge on any atom is 0.309 e. The molecule has 1 saturated carbocycles. The van der Waals surface area contributed by atoms with Crippen LogP contribution in [0.25, 0.3) is 0 Å². The van der Waals surface area contributed by atoms with Gasteiger partial charge in [-0.3, -0.25) is 4.79 Å². The second kappa shape index (κ2) is 5.34. The Balaban J connectivity index is 1.82. The van der Waals surface area contributed by atoms with E-state index in [0.717, 1.165) is 23.3 Å². The van der Waals surface area contributed by atoms with Crippen LogP contribution < -0.4 is 0 Å². The van der Waals surface area contributed by atoms with Crippen LogP contribution in [0, 0.1) is 24.2 Å². The first-order valence-corrected chi connectivity index (χ1v) is 9.39. The van der Waals surface area contributed by atoms with Crippen molar-refractivity contribution >= 4 is 5.97 Å². The van der Waals surface area contributed by atoms with E-state index in [1.54, 1.807) is 6.26 Å². The normalized spacial score (nSPS) is 42.8. The second-order valence-corrected chi connectivity index (χ2v) is 8.43. The number of fused-ring (bicyclic) bond motifs is 1. The Labute approximate surface area is 148 Å². The van der Waals surface area contributed by atoms with E-state index in [9.17, 15) is 9.90 Å². The van der Waals surface area contributed by atoms with Gasteiger partial charge in [0.15, 0.2) is 0 Å². The van der Waals surface area contributed by atoms with Crippen molar-refractivity contribution in [1.82, 2.24) is 0 Å². The Bertz CT molecular complexity index is 709. The first kappa shape index (κ1) is 17.1. The summed E-state index contributed by atoms with van der Waals surface area (Å²) in [6, 6.07) is 0. The maximum absolute atomic E-state index is 12.7. The molecule has 1 aliphatic heterocycles. The summed E-state index contributed by atoms with van der Waals surface area (Å²) in [5.74, 6) is 0.477. The molecule has 1 saturated heterocycles. The SMILES string of the molecule is CCC(C)C(=O)OC1c2c(C)coc2CC23OC2CC(O)C(C)C13C. The second-order valence-electron chi connectivity index (χ2n) is 8.43. The minimum atomic E-state index is -0.472. The van der Waals surface area contributed by atoms with Crippen LogP contribution >= 0.6 is 0 Å². The molecule has 1 aromatic rings. The number of carbonyl (C=O) groups is 1. The fourth-order valence-electron chi connectivity index (χ4n) is 5.06. The molecule has 2 aliphatic carbocycles. The summed E-state index contributed by atoms with van der Waals surface area (Å²) in [7, 11) is 0. The summed E-state index contributed by atoms with van der Waals surface area (Å²) in [4.78, 5) is 12.7. The highest BCUT2D eigenvalue weighted by molar-refractivity contribution is 5.72. The molecule has 0 radical (unpaired) electrons. The van der Waals surface area contributed by atoms with Gasteiger partial charge < -0.3 is 19.0 Å². The number of aliphatic hydroxyl groups is 1. The molecule has 2 fully saturated rings. The maximum atomic E-state index is 12.7. The van der Waals surface area contributed by atoms with Gasteiger partial charge in [-0.1, -0.05) is 27.7 Å². The van der Waals surface area contributed by atoms with Gasteiger partial charge in [0.2, 0.25) is 0 Å². The van der Waals surface area contributed by atoms with Crippen molar-refractivity contribution in [2.24, 2.45) is 17.3 Å². The van der Waals surface area contributed by atoms with Gasteiger partial charge in [0, 0.05) is 23.8 Å². The van der Waals surface area contributed by atoms with Crippen molar-refractivity contribution in [2.45, 2.75) is 77.8 Å². The number of aryl methyl sites for hydroxylation is 1. The molecule has 7 unspecified atom stereocenters. The minimum absolute atomic E-state index is 0.00653. The summed E-state index contributed by atoms with van der Waals surface area (Å²) in [6.07, 6.45) is 2.90. The third kappa shape index (κ3) is 2.05. The van der Waals surface area contributed by atoms with Crippen LogP contribution in [0.4, 0.5) is 0 Å². The minimum Gasteiger partial charge on any atom is -0.469 e. The molecule has 4 rings (SSSR count). The summed E-state index contributed by atoms with van der Waals surface area (Å²) in [5.41, 5.74) is 1.10. The summed E-state index contributed by atoms with van der Waals surface area (Å²) in [5, 5.41) is 10.6. The fraction of sp³-hybridized carbons (Fsp3) is 0.750. The number of ether oxygens (including phenoxy) is 2. The van der Waals surface area contributed by atoms with Gasteiger partial charge in [0.1, 0.15) is 17.5 Å². The van der Waals surface area contributed by atoms with E-state index >= 15 is 0 Å². The van der Waals surface area contributed by atoms with Crippen LogP contribution in [0.15, 0.2) is 10.7 Å². The van der Waals surface area contributed by atoms with Gasteiger partial charge in [-0.2, -0.15) is 0 Å². The van der Waals surface area contributed by atoms with Crippen molar-refractivity contribution in [1.29, 1.82) is 0 Å². The predicted molar refractivity (Wildman–Crippen MR) is 90.9 cm³/mol. The zero-order valence-electron chi connectivity index (χ0n) is 15.7. The monoisotopic (exact) mass is 348 g/mol. The van der Waals surface area contributed by atoms with Crippen LogP contribution in [-0.4, -0.2) is 28.9 Å². The molecule has 2 heterocycles. The standard InChI is InChI=1S/C20H28O5/c1-6-10(2)18(22)24-17-16-11(3)9-23-14(16)8-20-15(25-20)7-13(21)12(4)19(17,20)5/h9-10,12-13,15,17,21H,6-8H2,1-5H3. The average molecular weight is 348 g/mol. The van der Waals surface area contributed by atoms with Crippen LogP contribution in [0.2, 0.25) is 0 Å². The van der Waals surface area contributed by atoms with E-state index in [4.69, 9.17) is 13.9 Å². The lowest BCUT2D eigenvalue weighted by Crippen LogP contribution is -2.58. The number of hydrogen-bond acceptors (Lipinski definition) is 5. The zero-order chi connectivity index (χ0) is 18.1.